The van der Waals surface area contributed by atoms with Crippen LogP contribution >= 0.6 is 12.4 Å². The van der Waals surface area contributed by atoms with Crippen LogP contribution in [-0.2, 0) is 9.53 Å². The normalized spacial score (nSPS) is 21.1. The molecule has 0 saturated heterocycles. The molecule has 22 heavy (non-hydrogen) atoms. The van der Waals surface area contributed by atoms with Gasteiger partial charge < -0.3 is 15.8 Å². The molecule has 3 atom stereocenters. The monoisotopic (exact) mass is 326 g/mol. The molecule has 0 spiro atoms. The standard InChI is InChI=1S/C17H26N2O2.ClH/c1-4-21-16-9-14(16)17(20)19-10-15(18)13-7-5-12(6-8-13)11(2)3;/h5-8,11,14-16H,4,9-10,18H2,1-3H3,(H,19,20);1H. The van der Waals surface area contributed by atoms with E-state index in [1.807, 2.05) is 19.1 Å². The maximum absolute atomic E-state index is 11.9. The smallest absolute Gasteiger partial charge is 0.225 e. The Kier molecular flexibility index (Phi) is 7.33. The van der Waals surface area contributed by atoms with E-state index >= 15 is 0 Å². The Balaban J connectivity index is 0.00000242. The first-order chi connectivity index (χ1) is 10.0. The van der Waals surface area contributed by atoms with Crippen molar-refractivity contribution in [2.75, 3.05) is 13.2 Å². The summed E-state index contributed by atoms with van der Waals surface area (Å²) in [7, 11) is 0. The van der Waals surface area contributed by atoms with Crippen LogP contribution in [0.4, 0.5) is 0 Å². The number of nitrogens with one attached hydrogen (secondary N) is 1. The van der Waals surface area contributed by atoms with Crippen molar-refractivity contribution in [2.24, 2.45) is 11.7 Å². The van der Waals surface area contributed by atoms with Gasteiger partial charge in [-0.3, -0.25) is 4.79 Å². The second-order valence-electron chi connectivity index (χ2n) is 6.01. The molecule has 1 aliphatic carbocycles. The number of hydrogen-bond donors (Lipinski definition) is 2. The van der Waals surface area contributed by atoms with Crippen molar-refractivity contribution in [2.45, 2.75) is 45.3 Å². The van der Waals surface area contributed by atoms with Crippen molar-refractivity contribution in [3.63, 3.8) is 0 Å². The molecule has 1 aromatic rings. The maximum Gasteiger partial charge on any atom is 0.225 e. The van der Waals surface area contributed by atoms with Gasteiger partial charge in [0, 0.05) is 19.2 Å². The van der Waals surface area contributed by atoms with Crippen LogP contribution in [0.1, 0.15) is 50.3 Å². The van der Waals surface area contributed by atoms with E-state index in [-0.39, 0.29) is 36.4 Å². The van der Waals surface area contributed by atoms with Crippen molar-refractivity contribution in [3.05, 3.63) is 35.4 Å². The van der Waals surface area contributed by atoms with E-state index in [1.54, 1.807) is 0 Å². The molecular weight excluding hydrogens is 300 g/mol. The minimum absolute atomic E-state index is 0. The molecule has 1 saturated carbocycles. The average Bonchev–Trinajstić information content (AvgIpc) is 3.24. The van der Waals surface area contributed by atoms with E-state index < -0.39 is 0 Å². The number of nitrogens with two attached hydrogens (primary N) is 1. The van der Waals surface area contributed by atoms with E-state index in [9.17, 15) is 4.79 Å². The summed E-state index contributed by atoms with van der Waals surface area (Å²) in [5, 5.41) is 2.92. The molecule has 1 amide bonds. The van der Waals surface area contributed by atoms with Crippen LogP contribution in [0.15, 0.2) is 24.3 Å². The lowest BCUT2D eigenvalue weighted by molar-refractivity contribution is -0.123. The summed E-state index contributed by atoms with van der Waals surface area (Å²) in [6, 6.07) is 8.14. The Bertz CT molecular complexity index is 476. The van der Waals surface area contributed by atoms with Crippen molar-refractivity contribution < 1.29 is 9.53 Å². The molecule has 2 rings (SSSR count). The fraction of sp³-hybridized carbons (Fsp3) is 0.588. The second-order valence-corrected chi connectivity index (χ2v) is 6.01. The average molecular weight is 327 g/mol. The maximum atomic E-state index is 11.9. The van der Waals surface area contributed by atoms with Crippen LogP contribution in [0.25, 0.3) is 0 Å². The summed E-state index contributed by atoms with van der Waals surface area (Å²) < 4.78 is 5.42. The Morgan fingerprint density at radius 2 is 1.91 bits per heavy atom. The molecule has 5 heteroatoms. The van der Waals surface area contributed by atoms with E-state index in [1.165, 1.54) is 5.56 Å². The number of carbonyl (C=O) groups is 1. The van der Waals surface area contributed by atoms with Crippen molar-refractivity contribution in [3.8, 4) is 0 Å². The zero-order valence-electron chi connectivity index (χ0n) is 13.5. The molecule has 1 aliphatic rings. The quantitative estimate of drug-likeness (QED) is 0.809. The fourth-order valence-electron chi connectivity index (χ4n) is 2.43. The summed E-state index contributed by atoms with van der Waals surface area (Å²) in [5.74, 6) is 0.587. The summed E-state index contributed by atoms with van der Waals surface area (Å²) in [6.45, 7) is 7.41. The number of benzene rings is 1. The lowest BCUT2D eigenvalue weighted by Gasteiger charge is -2.14. The molecule has 0 heterocycles. The fourth-order valence-corrected chi connectivity index (χ4v) is 2.43. The van der Waals surface area contributed by atoms with Crippen molar-refractivity contribution in [1.82, 2.24) is 5.32 Å². The van der Waals surface area contributed by atoms with Gasteiger partial charge in [0.25, 0.3) is 0 Å². The lowest BCUT2D eigenvalue weighted by atomic mass is 9.99. The molecule has 1 fully saturated rings. The van der Waals surface area contributed by atoms with Gasteiger partial charge in [-0.05, 0) is 30.4 Å². The molecule has 0 radical (unpaired) electrons. The third-order valence-corrected chi connectivity index (χ3v) is 3.98. The zero-order valence-corrected chi connectivity index (χ0v) is 14.4. The number of amides is 1. The molecular formula is C17H27ClN2O2. The summed E-state index contributed by atoms with van der Waals surface area (Å²) in [4.78, 5) is 11.9. The van der Waals surface area contributed by atoms with Gasteiger partial charge in [0.2, 0.25) is 5.91 Å². The number of carbonyl (C=O) groups excluding carboxylic acids is 1. The van der Waals surface area contributed by atoms with Crippen molar-refractivity contribution >= 4 is 18.3 Å². The van der Waals surface area contributed by atoms with E-state index in [2.05, 4.69) is 31.3 Å². The van der Waals surface area contributed by atoms with Gasteiger partial charge in [0.05, 0.1) is 12.0 Å². The summed E-state index contributed by atoms with van der Waals surface area (Å²) in [6.07, 6.45) is 0.939. The predicted molar refractivity (Wildman–Crippen MR) is 91.2 cm³/mol. The molecule has 3 N–H and O–H groups in total. The highest BCUT2D eigenvalue weighted by Gasteiger charge is 2.43. The highest BCUT2D eigenvalue weighted by Crippen LogP contribution is 2.33. The molecule has 0 aliphatic heterocycles. The van der Waals surface area contributed by atoms with E-state index in [0.717, 1.165) is 12.0 Å². The molecule has 0 bridgehead atoms. The van der Waals surface area contributed by atoms with Gasteiger partial charge in [-0.15, -0.1) is 12.4 Å². The number of rotatable bonds is 7. The zero-order chi connectivity index (χ0) is 15.4. The topological polar surface area (TPSA) is 64.3 Å². The number of halogens is 1. The predicted octanol–water partition coefficient (Wildman–Crippen LogP) is 2.77. The number of ether oxygens (including phenoxy) is 1. The van der Waals surface area contributed by atoms with Crippen LogP contribution in [0.2, 0.25) is 0 Å². The highest BCUT2D eigenvalue weighted by atomic mass is 35.5. The third-order valence-electron chi connectivity index (χ3n) is 3.98. The van der Waals surface area contributed by atoms with Gasteiger partial charge in [0.1, 0.15) is 0 Å². The van der Waals surface area contributed by atoms with Crippen LogP contribution in [-0.4, -0.2) is 25.2 Å². The molecule has 1 aromatic carbocycles. The second kappa shape index (κ2) is 8.51. The highest BCUT2D eigenvalue weighted by molar-refractivity contribution is 5.85. The largest absolute Gasteiger partial charge is 0.378 e. The summed E-state index contributed by atoms with van der Waals surface area (Å²) in [5.41, 5.74) is 8.49. The molecule has 0 aromatic heterocycles. The molecule has 3 unspecified atom stereocenters. The number of hydrogen-bond acceptors (Lipinski definition) is 3. The van der Waals surface area contributed by atoms with Crippen LogP contribution < -0.4 is 11.1 Å². The Labute approximate surface area is 139 Å². The molecule has 124 valence electrons. The lowest BCUT2D eigenvalue weighted by Crippen LogP contribution is -2.33. The van der Waals surface area contributed by atoms with Gasteiger partial charge in [-0.1, -0.05) is 38.1 Å². The van der Waals surface area contributed by atoms with Gasteiger partial charge in [-0.2, -0.15) is 0 Å². The third kappa shape index (κ3) is 4.97. The van der Waals surface area contributed by atoms with Crippen LogP contribution in [0.5, 0.6) is 0 Å². The van der Waals surface area contributed by atoms with Gasteiger partial charge >= 0.3 is 0 Å². The first-order valence-electron chi connectivity index (χ1n) is 7.77. The van der Waals surface area contributed by atoms with Gasteiger partial charge in [-0.25, -0.2) is 0 Å². The van der Waals surface area contributed by atoms with Crippen molar-refractivity contribution in [1.29, 1.82) is 0 Å². The Hall–Kier alpha value is -1.10. The Morgan fingerprint density at radius 3 is 2.45 bits per heavy atom. The molecule has 4 nitrogen and oxygen atoms in total. The van der Waals surface area contributed by atoms with Crippen LogP contribution in [0, 0.1) is 5.92 Å². The van der Waals surface area contributed by atoms with E-state index in [4.69, 9.17) is 10.5 Å². The SMILES string of the molecule is CCOC1CC1C(=O)NCC(N)c1ccc(C(C)C)cc1.Cl. The minimum Gasteiger partial charge on any atom is -0.378 e. The first kappa shape index (κ1) is 18.9. The summed E-state index contributed by atoms with van der Waals surface area (Å²) >= 11 is 0. The van der Waals surface area contributed by atoms with Crippen LogP contribution in [0.3, 0.4) is 0 Å². The van der Waals surface area contributed by atoms with E-state index in [0.29, 0.717) is 19.1 Å². The Morgan fingerprint density at radius 1 is 1.32 bits per heavy atom. The minimum atomic E-state index is -0.167. The first-order valence-corrected chi connectivity index (χ1v) is 7.77. The van der Waals surface area contributed by atoms with Gasteiger partial charge in [0.15, 0.2) is 0 Å².